The van der Waals surface area contributed by atoms with E-state index < -0.39 is 5.97 Å². The summed E-state index contributed by atoms with van der Waals surface area (Å²) in [7, 11) is 0. The molecule has 1 unspecified atom stereocenters. The molecule has 7 nitrogen and oxygen atoms in total. The molecule has 28 heavy (non-hydrogen) atoms. The molecular formula is C21H20N2O5. The maximum Gasteiger partial charge on any atom is 0.414 e. The molecule has 7 heteroatoms. The Labute approximate surface area is 162 Å². The second-order valence-corrected chi connectivity index (χ2v) is 7.10. The number of benzene rings is 2. The van der Waals surface area contributed by atoms with E-state index in [9.17, 15) is 19.5 Å². The summed E-state index contributed by atoms with van der Waals surface area (Å²) in [5, 5.41) is 9.42. The summed E-state index contributed by atoms with van der Waals surface area (Å²) < 4.78 is 5.24. The average molecular weight is 380 g/mol. The molecule has 1 fully saturated rings. The van der Waals surface area contributed by atoms with Crippen molar-refractivity contribution < 1.29 is 24.2 Å². The Morgan fingerprint density at radius 3 is 2.64 bits per heavy atom. The van der Waals surface area contributed by atoms with Crippen molar-refractivity contribution in [1.29, 1.82) is 0 Å². The van der Waals surface area contributed by atoms with Gasteiger partial charge >= 0.3 is 12.1 Å². The Hall–Kier alpha value is -3.35. The van der Waals surface area contributed by atoms with Gasteiger partial charge in [-0.25, -0.2) is 9.59 Å². The standard InChI is InChI=1S/C21H20N2O5/c1-13-6-7-14-11-22(19(24)16-4-2-3-5-17(16)20(25)26)9-8-15-12-28-21(27)23(15)18(14)10-13/h2-7,10,15H,8-9,11-12H2,1H3,(H,25,26). The summed E-state index contributed by atoms with van der Waals surface area (Å²) in [6.07, 6.45) is 0.188. The molecule has 0 saturated carbocycles. The lowest BCUT2D eigenvalue weighted by atomic mass is 10.0. The number of cyclic esters (lactones) is 1. The van der Waals surface area contributed by atoms with E-state index in [-0.39, 0.29) is 35.8 Å². The number of carbonyl (C=O) groups excluding carboxylic acids is 2. The number of nitrogens with zero attached hydrogens (tertiary/aromatic N) is 2. The molecule has 2 amide bonds. The van der Waals surface area contributed by atoms with E-state index in [2.05, 4.69) is 0 Å². The van der Waals surface area contributed by atoms with Gasteiger partial charge in [0.05, 0.1) is 22.9 Å². The molecule has 2 aromatic rings. The summed E-state index contributed by atoms with van der Waals surface area (Å²) in [5.41, 5.74) is 2.73. The van der Waals surface area contributed by atoms with Gasteiger partial charge in [-0.2, -0.15) is 0 Å². The van der Waals surface area contributed by atoms with Gasteiger partial charge in [0.15, 0.2) is 0 Å². The molecule has 0 bridgehead atoms. The molecule has 0 radical (unpaired) electrons. The lowest BCUT2D eigenvalue weighted by Crippen LogP contribution is -2.42. The average Bonchev–Trinajstić information content (AvgIpc) is 3.03. The summed E-state index contributed by atoms with van der Waals surface area (Å²) in [6.45, 7) is 2.91. The Balaban J connectivity index is 1.73. The van der Waals surface area contributed by atoms with Gasteiger partial charge in [-0.1, -0.05) is 24.3 Å². The van der Waals surface area contributed by atoms with Gasteiger partial charge in [-0.3, -0.25) is 9.69 Å². The number of carboxylic acids is 1. The first-order valence-electron chi connectivity index (χ1n) is 9.13. The van der Waals surface area contributed by atoms with E-state index in [0.717, 1.165) is 16.8 Å². The number of aryl methyl sites for hydroxylation is 1. The number of rotatable bonds is 2. The zero-order valence-electron chi connectivity index (χ0n) is 15.4. The molecule has 144 valence electrons. The van der Waals surface area contributed by atoms with Crippen LogP contribution in [0.15, 0.2) is 42.5 Å². The van der Waals surface area contributed by atoms with Crippen LogP contribution in [0.25, 0.3) is 0 Å². The van der Waals surface area contributed by atoms with E-state index in [4.69, 9.17) is 4.74 Å². The smallest absolute Gasteiger partial charge is 0.414 e. The topological polar surface area (TPSA) is 87.2 Å². The molecule has 2 heterocycles. The maximum absolute atomic E-state index is 13.2. The molecule has 0 spiro atoms. The van der Waals surface area contributed by atoms with Crippen LogP contribution in [0.1, 0.15) is 38.3 Å². The first-order chi connectivity index (χ1) is 13.5. The van der Waals surface area contributed by atoms with Crippen LogP contribution in [0.2, 0.25) is 0 Å². The highest BCUT2D eigenvalue weighted by Crippen LogP contribution is 2.33. The van der Waals surface area contributed by atoms with Gasteiger partial charge in [0.1, 0.15) is 6.61 Å². The third-order valence-electron chi connectivity index (χ3n) is 5.23. The molecule has 2 aromatic carbocycles. The molecule has 1 atom stereocenters. The minimum absolute atomic E-state index is 0.0142. The lowest BCUT2D eigenvalue weighted by Gasteiger charge is -2.32. The fraction of sp³-hybridized carbons (Fsp3) is 0.286. The number of amides is 2. The first kappa shape index (κ1) is 18.0. The van der Waals surface area contributed by atoms with E-state index >= 15 is 0 Å². The summed E-state index contributed by atoms with van der Waals surface area (Å²) in [5.74, 6) is -1.46. The van der Waals surface area contributed by atoms with Gasteiger partial charge < -0.3 is 14.7 Å². The lowest BCUT2D eigenvalue weighted by molar-refractivity contribution is 0.0669. The number of fused-ring (bicyclic) bond motifs is 3. The zero-order chi connectivity index (χ0) is 19.8. The second-order valence-electron chi connectivity index (χ2n) is 7.10. The van der Waals surface area contributed by atoms with Crippen molar-refractivity contribution in [3.05, 3.63) is 64.7 Å². The van der Waals surface area contributed by atoms with Crippen molar-refractivity contribution >= 4 is 23.7 Å². The van der Waals surface area contributed by atoms with E-state index in [0.29, 0.717) is 19.5 Å². The molecule has 1 saturated heterocycles. The Bertz CT molecular complexity index is 971. The van der Waals surface area contributed by atoms with Crippen LogP contribution in [0, 0.1) is 6.92 Å². The van der Waals surface area contributed by atoms with Crippen LogP contribution >= 0.6 is 0 Å². The quantitative estimate of drug-likeness (QED) is 0.865. The summed E-state index contributed by atoms with van der Waals surface area (Å²) >= 11 is 0. The van der Waals surface area contributed by atoms with E-state index in [1.165, 1.54) is 12.1 Å². The van der Waals surface area contributed by atoms with Crippen LogP contribution in [-0.4, -0.2) is 47.2 Å². The fourth-order valence-electron chi connectivity index (χ4n) is 3.79. The van der Waals surface area contributed by atoms with Crippen molar-refractivity contribution in [1.82, 2.24) is 4.90 Å². The summed E-state index contributed by atoms with van der Waals surface area (Å²) in [4.78, 5) is 40.3. The first-order valence-corrected chi connectivity index (χ1v) is 9.13. The normalized spacial score (nSPS) is 18.6. The van der Waals surface area contributed by atoms with E-state index in [1.54, 1.807) is 21.9 Å². The zero-order valence-corrected chi connectivity index (χ0v) is 15.4. The third-order valence-corrected chi connectivity index (χ3v) is 5.23. The highest BCUT2D eigenvalue weighted by atomic mass is 16.6. The molecule has 1 N–H and O–H groups in total. The number of carbonyl (C=O) groups is 3. The second kappa shape index (κ2) is 6.99. The SMILES string of the molecule is Cc1ccc2c(c1)N1C(=O)OCC1CCN(C(=O)c1ccccc1C(=O)O)C2. The number of ether oxygens (including phenoxy) is 1. The Morgan fingerprint density at radius 2 is 1.89 bits per heavy atom. The molecule has 0 aromatic heterocycles. The molecular weight excluding hydrogens is 360 g/mol. The van der Waals surface area contributed by atoms with Crippen molar-refractivity contribution in [3.63, 3.8) is 0 Å². The van der Waals surface area contributed by atoms with Crippen LogP contribution in [-0.2, 0) is 11.3 Å². The number of hydrogen-bond donors (Lipinski definition) is 1. The fourth-order valence-corrected chi connectivity index (χ4v) is 3.79. The Kier molecular flexibility index (Phi) is 4.50. The van der Waals surface area contributed by atoms with Crippen molar-refractivity contribution in [3.8, 4) is 0 Å². The molecule has 2 aliphatic rings. The number of carboxylic acid groups (broad SMARTS) is 1. The van der Waals surface area contributed by atoms with Gasteiger partial charge in [-0.15, -0.1) is 0 Å². The van der Waals surface area contributed by atoms with E-state index in [1.807, 2.05) is 25.1 Å². The van der Waals surface area contributed by atoms with Crippen molar-refractivity contribution in [2.75, 3.05) is 18.1 Å². The summed E-state index contributed by atoms with van der Waals surface area (Å²) in [6, 6.07) is 11.8. The number of anilines is 1. The van der Waals surface area contributed by atoms with Gasteiger partial charge in [0.2, 0.25) is 0 Å². The van der Waals surface area contributed by atoms with Crippen LogP contribution < -0.4 is 4.90 Å². The highest BCUT2D eigenvalue weighted by Gasteiger charge is 2.38. The minimum Gasteiger partial charge on any atom is -0.478 e. The minimum atomic E-state index is -1.13. The molecule has 4 rings (SSSR count). The predicted octanol–water partition coefficient (Wildman–Crippen LogP) is 3.06. The van der Waals surface area contributed by atoms with Crippen LogP contribution in [0.5, 0.6) is 0 Å². The molecule has 2 aliphatic heterocycles. The molecule has 0 aliphatic carbocycles. The maximum atomic E-state index is 13.2. The Morgan fingerprint density at radius 1 is 1.14 bits per heavy atom. The largest absolute Gasteiger partial charge is 0.478 e. The van der Waals surface area contributed by atoms with Crippen molar-refractivity contribution in [2.45, 2.75) is 25.9 Å². The number of aromatic carboxylic acids is 1. The van der Waals surface area contributed by atoms with Crippen LogP contribution in [0.3, 0.4) is 0 Å². The van der Waals surface area contributed by atoms with Crippen molar-refractivity contribution in [2.24, 2.45) is 0 Å². The monoisotopic (exact) mass is 380 g/mol. The van der Waals surface area contributed by atoms with Gasteiger partial charge in [-0.05, 0) is 42.7 Å². The van der Waals surface area contributed by atoms with Crippen LogP contribution in [0.4, 0.5) is 10.5 Å². The predicted molar refractivity (Wildman–Crippen MR) is 102 cm³/mol. The third kappa shape index (κ3) is 3.09. The van der Waals surface area contributed by atoms with Gasteiger partial charge in [0.25, 0.3) is 5.91 Å². The number of hydrogen-bond acceptors (Lipinski definition) is 4. The van der Waals surface area contributed by atoms with Gasteiger partial charge in [0, 0.05) is 13.1 Å². The highest BCUT2D eigenvalue weighted by molar-refractivity contribution is 6.04.